The molecule has 48 heavy (non-hydrogen) atoms. The highest BCUT2D eigenvalue weighted by Crippen LogP contribution is 2.60. The second-order valence-electron chi connectivity index (χ2n) is 12.3. The van der Waals surface area contributed by atoms with Crippen LogP contribution in [0.4, 0.5) is 17.1 Å². The van der Waals surface area contributed by atoms with Crippen LogP contribution in [0.2, 0.25) is 0 Å². The van der Waals surface area contributed by atoms with Crippen LogP contribution in [0.1, 0.15) is 0 Å². The van der Waals surface area contributed by atoms with Gasteiger partial charge < -0.3 is 9.47 Å². The van der Waals surface area contributed by atoms with Gasteiger partial charge in [-0.1, -0.05) is 91.0 Å². The van der Waals surface area contributed by atoms with Crippen LogP contribution in [-0.4, -0.2) is 14.5 Å². The van der Waals surface area contributed by atoms with E-state index in [9.17, 15) is 0 Å². The maximum absolute atomic E-state index is 6.66. The van der Waals surface area contributed by atoms with Crippen molar-refractivity contribution in [1.29, 1.82) is 0 Å². The van der Waals surface area contributed by atoms with Gasteiger partial charge in [0.2, 0.25) is 5.95 Å². The normalized spacial score (nSPS) is 12.9. The molecule has 2 aliphatic rings. The van der Waals surface area contributed by atoms with Gasteiger partial charge >= 0.3 is 0 Å². The van der Waals surface area contributed by atoms with Crippen molar-refractivity contribution in [3.63, 3.8) is 0 Å². The number of ether oxygens (including phenoxy) is 2. The molecule has 6 nitrogen and oxygen atoms in total. The van der Waals surface area contributed by atoms with Gasteiger partial charge in [0.15, 0.2) is 23.0 Å². The van der Waals surface area contributed by atoms with Gasteiger partial charge in [-0.15, -0.1) is 0 Å². The first-order valence-corrected chi connectivity index (χ1v) is 16.0. The van der Waals surface area contributed by atoms with Gasteiger partial charge in [-0.25, -0.2) is 9.97 Å². The Bertz CT molecular complexity index is 2820. The molecular formula is C42H24N4O2. The maximum Gasteiger partial charge on any atom is 0.235 e. The van der Waals surface area contributed by atoms with Crippen LogP contribution in [0.3, 0.4) is 0 Å². The predicted molar refractivity (Wildman–Crippen MR) is 192 cm³/mol. The lowest BCUT2D eigenvalue weighted by molar-refractivity contribution is 0.446. The Balaban J connectivity index is 1.19. The van der Waals surface area contributed by atoms with E-state index in [0.29, 0.717) is 5.95 Å². The van der Waals surface area contributed by atoms with Gasteiger partial charge in [-0.05, 0) is 59.3 Å². The minimum absolute atomic E-state index is 0.609. The fourth-order valence-electron chi connectivity index (χ4n) is 7.40. The number of benzene rings is 7. The van der Waals surface area contributed by atoms with Crippen molar-refractivity contribution in [2.75, 3.05) is 4.90 Å². The molecule has 9 aromatic rings. The van der Waals surface area contributed by atoms with E-state index >= 15 is 0 Å². The Kier molecular flexibility index (Phi) is 5.02. The quantitative estimate of drug-likeness (QED) is 0.193. The summed E-state index contributed by atoms with van der Waals surface area (Å²) >= 11 is 0. The highest BCUT2D eigenvalue weighted by Gasteiger charge is 2.35. The zero-order chi connectivity index (χ0) is 31.3. The summed E-state index contributed by atoms with van der Waals surface area (Å²) in [7, 11) is 0. The average molecular weight is 617 g/mol. The second-order valence-corrected chi connectivity index (χ2v) is 12.3. The third kappa shape index (κ3) is 3.51. The SMILES string of the molecule is c1ccc2c(c1)Oc1cccc3c1N2c1cc2c4ccccc4n(-c4nc(-c5ccc6ccccc6c5)c5ccccc5n4)c2cc1O3. The van der Waals surface area contributed by atoms with Crippen molar-refractivity contribution >= 4 is 60.5 Å². The van der Waals surface area contributed by atoms with Gasteiger partial charge in [0.05, 0.1) is 33.6 Å². The molecule has 224 valence electrons. The first-order valence-electron chi connectivity index (χ1n) is 16.0. The van der Waals surface area contributed by atoms with E-state index in [4.69, 9.17) is 19.4 Å². The summed E-state index contributed by atoms with van der Waals surface area (Å²) < 4.78 is 15.2. The molecule has 7 aromatic carbocycles. The summed E-state index contributed by atoms with van der Waals surface area (Å²) in [4.78, 5) is 12.8. The largest absolute Gasteiger partial charge is 0.453 e. The number of rotatable bonds is 2. The molecule has 0 radical (unpaired) electrons. The van der Waals surface area contributed by atoms with E-state index in [1.807, 2.05) is 48.5 Å². The van der Waals surface area contributed by atoms with Gasteiger partial charge in [0, 0.05) is 27.8 Å². The summed E-state index contributed by atoms with van der Waals surface area (Å²) in [5.74, 6) is 3.69. The number of aromatic nitrogens is 3. The molecule has 0 saturated heterocycles. The molecule has 11 rings (SSSR count). The van der Waals surface area contributed by atoms with Gasteiger partial charge in [0.1, 0.15) is 5.69 Å². The molecule has 0 N–H and O–H groups in total. The lowest BCUT2D eigenvalue weighted by Gasteiger charge is -2.37. The fraction of sp³-hybridized carbons (Fsp3) is 0. The molecule has 0 atom stereocenters. The molecule has 0 saturated carbocycles. The molecule has 0 spiro atoms. The van der Waals surface area contributed by atoms with Crippen LogP contribution in [0, 0.1) is 0 Å². The van der Waals surface area contributed by atoms with Crippen molar-refractivity contribution < 1.29 is 9.47 Å². The lowest BCUT2D eigenvalue weighted by atomic mass is 10.0. The highest BCUT2D eigenvalue weighted by atomic mass is 16.5. The minimum Gasteiger partial charge on any atom is -0.453 e. The van der Waals surface area contributed by atoms with E-state index in [-0.39, 0.29) is 0 Å². The number of para-hydroxylation sites is 5. The Morgan fingerprint density at radius 3 is 2.10 bits per heavy atom. The zero-order valence-electron chi connectivity index (χ0n) is 25.5. The number of anilines is 3. The van der Waals surface area contributed by atoms with Crippen molar-refractivity contribution in [2.45, 2.75) is 0 Å². The third-order valence-corrected chi connectivity index (χ3v) is 9.54. The summed E-state index contributed by atoms with van der Waals surface area (Å²) in [6.07, 6.45) is 0. The topological polar surface area (TPSA) is 52.4 Å². The summed E-state index contributed by atoms with van der Waals surface area (Å²) in [5.41, 5.74) is 7.66. The highest BCUT2D eigenvalue weighted by molar-refractivity contribution is 6.12. The fourth-order valence-corrected chi connectivity index (χ4v) is 7.40. The Morgan fingerprint density at radius 2 is 1.19 bits per heavy atom. The van der Waals surface area contributed by atoms with Crippen LogP contribution in [0.25, 0.3) is 60.7 Å². The van der Waals surface area contributed by atoms with E-state index in [1.165, 1.54) is 10.8 Å². The van der Waals surface area contributed by atoms with Crippen LogP contribution < -0.4 is 14.4 Å². The Morgan fingerprint density at radius 1 is 0.458 bits per heavy atom. The van der Waals surface area contributed by atoms with Crippen molar-refractivity contribution in [2.24, 2.45) is 0 Å². The van der Waals surface area contributed by atoms with Gasteiger partial charge in [0.25, 0.3) is 0 Å². The molecule has 4 heterocycles. The van der Waals surface area contributed by atoms with Crippen LogP contribution >= 0.6 is 0 Å². The summed E-state index contributed by atoms with van der Waals surface area (Å²) in [6.45, 7) is 0. The zero-order valence-corrected chi connectivity index (χ0v) is 25.5. The van der Waals surface area contributed by atoms with Gasteiger partial charge in [-0.2, -0.15) is 0 Å². The van der Waals surface area contributed by atoms with E-state index < -0.39 is 0 Å². The molecule has 0 unspecified atom stereocenters. The number of fused-ring (bicyclic) bond motifs is 9. The van der Waals surface area contributed by atoms with Crippen molar-refractivity contribution in [3.8, 4) is 40.2 Å². The molecule has 2 aliphatic heterocycles. The van der Waals surface area contributed by atoms with Crippen molar-refractivity contribution in [3.05, 3.63) is 146 Å². The van der Waals surface area contributed by atoms with Crippen LogP contribution in [-0.2, 0) is 0 Å². The van der Waals surface area contributed by atoms with E-state index in [2.05, 4.69) is 107 Å². The molecule has 6 heteroatoms. The molecule has 2 aromatic heterocycles. The predicted octanol–water partition coefficient (Wildman–Crippen LogP) is 11.2. The monoisotopic (exact) mass is 616 g/mol. The first-order chi connectivity index (χ1) is 23.8. The second kappa shape index (κ2) is 9.44. The Hall–Kier alpha value is -6.66. The number of hydrogen-bond donors (Lipinski definition) is 0. The molecule has 0 aliphatic carbocycles. The van der Waals surface area contributed by atoms with E-state index in [1.54, 1.807) is 0 Å². The van der Waals surface area contributed by atoms with Crippen LogP contribution in [0.5, 0.6) is 23.0 Å². The minimum atomic E-state index is 0.609. The molecule has 0 bridgehead atoms. The van der Waals surface area contributed by atoms with Gasteiger partial charge in [-0.3, -0.25) is 9.47 Å². The third-order valence-electron chi connectivity index (χ3n) is 9.54. The summed E-state index contributed by atoms with van der Waals surface area (Å²) in [5, 5.41) is 5.58. The lowest BCUT2D eigenvalue weighted by Crippen LogP contribution is -2.20. The molecular weight excluding hydrogens is 592 g/mol. The smallest absolute Gasteiger partial charge is 0.235 e. The first kappa shape index (κ1) is 25.5. The Labute approximate surface area is 274 Å². The molecule has 0 amide bonds. The standard InChI is InChI=1S/C42H24N4O2/c1-2-11-26-22-27(21-20-25(26)10-1)40-29-13-3-5-14-31(29)43-42(44-40)46-32-15-6-4-12-28(32)30-23-35-39(24-34(30)46)48-38-19-9-18-37-41(38)45(35)33-16-7-8-17-36(33)47-37/h1-24H. The summed E-state index contributed by atoms with van der Waals surface area (Å²) in [6, 6.07) is 50.1. The van der Waals surface area contributed by atoms with Crippen LogP contribution in [0.15, 0.2) is 146 Å². The average Bonchev–Trinajstić information content (AvgIpc) is 3.46. The number of hydrogen-bond acceptors (Lipinski definition) is 5. The number of nitrogens with zero attached hydrogens (tertiary/aromatic N) is 4. The molecule has 0 fully saturated rings. The maximum atomic E-state index is 6.66. The van der Waals surface area contributed by atoms with E-state index in [0.717, 1.165) is 84.0 Å². The van der Waals surface area contributed by atoms with Crippen molar-refractivity contribution in [1.82, 2.24) is 14.5 Å².